The summed E-state index contributed by atoms with van der Waals surface area (Å²) in [6, 6.07) is 2.11. The highest BCUT2D eigenvalue weighted by Gasteiger charge is 2.03. The van der Waals surface area contributed by atoms with E-state index in [0.717, 1.165) is 12.1 Å². The summed E-state index contributed by atoms with van der Waals surface area (Å²) < 4.78 is 12.6. The number of hydrogen-bond donors (Lipinski definition) is 1. The Balaban J connectivity index is 3.21. The lowest BCUT2D eigenvalue weighted by atomic mass is 10.3. The molecule has 0 spiro atoms. The van der Waals surface area contributed by atoms with Gasteiger partial charge in [-0.1, -0.05) is 23.2 Å². The molecule has 0 atom stereocenters. The average molecular weight is 195 g/mol. The molecule has 0 saturated heterocycles. The molecule has 0 bridgehead atoms. The summed E-state index contributed by atoms with van der Waals surface area (Å²) in [6.45, 7) is 0. The van der Waals surface area contributed by atoms with Crippen LogP contribution in [0.15, 0.2) is 12.1 Å². The summed E-state index contributed by atoms with van der Waals surface area (Å²) in [4.78, 5) is 0. The van der Waals surface area contributed by atoms with E-state index < -0.39 is 5.82 Å². The van der Waals surface area contributed by atoms with Crippen LogP contribution in [0.5, 0.6) is 0 Å². The number of hydrogen-bond acceptors (Lipinski definition) is 2. The van der Waals surface area contributed by atoms with Crippen molar-refractivity contribution in [1.82, 2.24) is 0 Å². The molecular formula is C6H3Cl2FNO-. The highest BCUT2D eigenvalue weighted by atomic mass is 35.5. The quantitative estimate of drug-likeness (QED) is 0.552. The van der Waals surface area contributed by atoms with E-state index in [-0.39, 0.29) is 15.7 Å². The van der Waals surface area contributed by atoms with Gasteiger partial charge in [-0.25, -0.2) is 4.39 Å². The average Bonchev–Trinajstić information content (AvgIpc) is 1.97. The van der Waals surface area contributed by atoms with Crippen molar-refractivity contribution in [3.05, 3.63) is 33.2 Å². The molecule has 1 aromatic carbocycles. The first kappa shape index (κ1) is 8.59. The molecule has 0 amide bonds. The van der Waals surface area contributed by atoms with Gasteiger partial charge in [0, 0.05) is 0 Å². The van der Waals surface area contributed by atoms with E-state index in [1.165, 1.54) is 5.48 Å². The Kier molecular flexibility index (Phi) is 2.54. The van der Waals surface area contributed by atoms with Gasteiger partial charge >= 0.3 is 0 Å². The lowest BCUT2D eigenvalue weighted by molar-refractivity contribution is 0.632. The minimum atomic E-state index is -0.714. The van der Waals surface area contributed by atoms with Crippen LogP contribution in [-0.2, 0) is 0 Å². The van der Waals surface area contributed by atoms with E-state index >= 15 is 0 Å². The summed E-state index contributed by atoms with van der Waals surface area (Å²) in [5, 5.41) is 10.3. The molecule has 0 aliphatic carbocycles. The standard InChI is InChI=1S/C6H3Cl2FNO/c7-3-1-5(9)6(10-11)2-4(3)8/h1-2,10H/q-1. The van der Waals surface area contributed by atoms with Gasteiger partial charge in [-0.05, 0) is 12.1 Å². The van der Waals surface area contributed by atoms with Crippen molar-refractivity contribution in [2.75, 3.05) is 5.48 Å². The molecule has 60 valence electrons. The SMILES string of the molecule is [O-]Nc1cc(Cl)c(Cl)cc1F. The summed E-state index contributed by atoms with van der Waals surface area (Å²) in [5.41, 5.74) is 1.19. The number of anilines is 1. The first-order valence-corrected chi connectivity index (χ1v) is 3.43. The van der Waals surface area contributed by atoms with Crippen molar-refractivity contribution in [2.24, 2.45) is 0 Å². The molecule has 0 aliphatic heterocycles. The fourth-order valence-corrected chi connectivity index (χ4v) is 0.915. The second kappa shape index (κ2) is 3.26. The van der Waals surface area contributed by atoms with E-state index in [0.29, 0.717) is 0 Å². The number of nitrogens with one attached hydrogen (secondary N) is 1. The fraction of sp³-hybridized carbons (Fsp3) is 0. The molecule has 0 radical (unpaired) electrons. The third-order valence-electron chi connectivity index (χ3n) is 1.12. The van der Waals surface area contributed by atoms with E-state index in [2.05, 4.69) is 0 Å². The van der Waals surface area contributed by atoms with E-state index in [1.54, 1.807) is 0 Å². The van der Waals surface area contributed by atoms with Gasteiger partial charge in [-0.3, -0.25) is 0 Å². The molecule has 0 heterocycles. The van der Waals surface area contributed by atoms with E-state index in [9.17, 15) is 9.60 Å². The zero-order valence-corrected chi connectivity index (χ0v) is 6.71. The van der Waals surface area contributed by atoms with Crippen LogP contribution in [0, 0.1) is 11.0 Å². The maximum Gasteiger partial charge on any atom is 0.147 e. The number of halogens is 3. The molecule has 0 aromatic heterocycles. The fourth-order valence-electron chi connectivity index (χ4n) is 0.601. The molecule has 2 nitrogen and oxygen atoms in total. The Bertz CT molecular complexity index is 280. The highest BCUT2D eigenvalue weighted by Crippen LogP contribution is 2.27. The molecule has 1 rings (SSSR count). The molecular weight excluding hydrogens is 192 g/mol. The summed E-state index contributed by atoms with van der Waals surface area (Å²) in [6.07, 6.45) is 0. The Hall–Kier alpha value is -0.510. The third-order valence-corrected chi connectivity index (χ3v) is 1.84. The van der Waals surface area contributed by atoms with Crippen molar-refractivity contribution >= 4 is 28.9 Å². The molecule has 1 N–H and O–H groups in total. The molecule has 0 unspecified atom stereocenters. The normalized spacial score (nSPS) is 9.82. The summed E-state index contributed by atoms with van der Waals surface area (Å²) in [5.74, 6) is -0.714. The Morgan fingerprint density at radius 3 is 2.36 bits per heavy atom. The second-order valence-corrected chi connectivity index (χ2v) is 2.66. The van der Waals surface area contributed by atoms with Gasteiger partial charge in [0.1, 0.15) is 5.82 Å². The van der Waals surface area contributed by atoms with Gasteiger partial charge in [0.2, 0.25) is 0 Å². The Morgan fingerprint density at radius 1 is 1.27 bits per heavy atom. The van der Waals surface area contributed by atoms with Crippen molar-refractivity contribution in [3.63, 3.8) is 0 Å². The van der Waals surface area contributed by atoms with Crippen LogP contribution in [0.4, 0.5) is 10.1 Å². The minimum Gasteiger partial charge on any atom is -0.761 e. The molecule has 0 aliphatic rings. The van der Waals surface area contributed by atoms with Crippen molar-refractivity contribution in [3.8, 4) is 0 Å². The van der Waals surface area contributed by atoms with Crippen molar-refractivity contribution in [1.29, 1.82) is 0 Å². The summed E-state index contributed by atoms with van der Waals surface area (Å²) >= 11 is 10.9. The van der Waals surface area contributed by atoms with Crippen LogP contribution in [0.3, 0.4) is 0 Å². The third kappa shape index (κ3) is 1.74. The van der Waals surface area contributed by atoms with Gasteiger partial charge in [0.25, 0.3) is 0 Å². The number of benzene rings is 1. The summed E-state index contributed by atoms with van der Waals surface area (Å²) in [7, 11) is 0. The van der Waals surface area contributed by atoms with E-state index in [1.807, 2.05) is 0 Å². The van der Waals surface area contributed by atoms with Crippen LogP contribution < -0.4 is 5.48 Å². The molecule has 0 saturated carbocycles. The van der Waals surface area contributed by atoms with Crippen LogP contribution in [0.2, 0.25) is 10.0 Å². The minimum absolute atomic E-state index is 0.0863. The maximum absolute atomic E-state index is 12.6. The zero-order valence-electron chi connectivity index (χ0n) is 5.20. The lowest BCUT2D eigenvalue weighted by Crippen LogP contribution is -1.89. The first-order valence-electron chi connectivity index (χ1n) is 2.68. The van der Waals surface area contributed by atoms with Gasteiger partial charge in [0.15, 0.2) is 0 Å². The van der Waals surface area contributed by atoms with Crippen LogP contribution in [0.1, 0.15) is 0 Å². The predicted octanol–water partition coefficient (Wildman–Crippen LogP) is 3.04. The van der Waals surface area contributed by atoms with Gasteiger partial charge in [-0.15, -0.1) is 0 Å². The zero-order chi connectivity index (χ0) is 8.43. The van der Waals surface area contributed by atoms with Crippen LogP contribution in [-0.4, -0.2) is 0 Å². The molecule has 11 heavy (non-hydrogen) atoms. The topological polar surface area (TPSA) is 35.1 Å². The Morgan fingerprint density at radius 2 is 1.82 bits per heavy atom. The molecule has 5 heteroatoms. The maximum atomic E-state index is 12.6. The number of rotatable bonds is 1. The molecule has 1 aromatic rings. The smallest absolute Gasteiger partial charge is 0.147 e. The van der Waals surface area contributed by atoms with E-state index in [4.69, 9.17) is 23.2 Å². The lowest BCUT2D eigenvalue weighted by Gasteiger charge is -2.10. The van der Waals surface area contributed by atoms with Crippen molar-refractivity contribution < 1.29 is 4.39 Å². The second-order valence-electron chi connectivity index (χ2n) is 1.85. The Labute approximate surface area is 72.5 Å². The highest BCUT2D eigenvalue weighted by molar-refractivity contribution is 6.42. The first-order chi connectivity index (χ1) is 5.15. The largest absolute Gasteiger partial charge is 0.761 e. The van der Waals surface area contributed by atoms with Gasteiger partial charge in [-0.2, -0.15) is 0 Å². The van der Waals surface area contributed by atoms with Crippen LogP contribution in [0.25, 0.3) is 0 Å². The van der Waals surface area contributed by atoms with Crippen molar-refractivity contribution in [2.45, 2.75) is 0 Å². The van der Waals surface area contributed by atoms with Gasteiger partial charge in [0.05, 0.1) is 15.7 Å². The monoisotopic (exact) mass is 194 g/mol. The van der Waals surface area contributed by atoms with Crippen LogP contribution >= 0.6 is 23.2 Å². The molecule has 0 fully saturated rings. The predicted molar refractivity (Wildman–Crippen MR) is 43.4 cm³/mol. The van der Waals surface area contributed by atoms with Gasteiger partial charge < -0.3 is 10.7 Å².